The molecule has 0 N–H and O–H groups in total. The molecule has 0 atom stereocenters. The monoisotopic (exact) mass is 406 g/mol. The highest BCUT2D eigenvalue weighted by atomic mass is 32.2. The van der Waals surface area contributed by atoms with Crippen LogP contribution in [0.4, 0.5) is 0 Å². The number of hydrogen-bond donors (Lipinski definition) is 0. The van der Waals surface area contributed by atoms with E-state index in [9.17, 15) is 4.79 Å². The summed E-state index contributed by atoms with van der Waals surface area (Å²) >= 11 is 1.58. The topological polar surface area (TPSA) is 73.8 Å². The van der Waals surface area contributed by atoms with Crippen LogP contribution in [-0.2, 0) is 18.7 Å². The standard InChI is InChI=1S/C22H22N4O2S/c1-3-11-26-21(16-7-9-23-10-8-16)24-25-22(26)29-14-17-13-20(27)28-19-12-15(4-2)5-6-18(17)19/h5-10,12-13H,3-4,11,14H2,1-2H3. The third-order valence-corrected chi connectivity index (χ3v) is 5.78. The second-order valence-corrected chi connectivity index (χ2v) is 7.70. The van der Waals surface area contributed by atoms with E-state index in [1.165, 1.54) is 0 Å². The summed E-state index contributed by atoms with van der Waals surface area (Å²) in [6, 6.07) is 11.5. The number of hydrogen-bond acceptors (Lipinski definition) is 6. The summed E-state index contributed by atoms with van der Waals surface area (Å²) in [5.74, 6) is 1.45. The van der Waals surface area contributed by atoms with Gasteiger partial charge >= 0.3 is 5.63 Å². The molecule has 3 heterocycles. The Labute approximate surface area is 173 Å². The molecule has 1 aromatic carbocycles. The zero-order valence-corrected chi connectivity index (χ0v) is 17.3. The molecule has 0 radical (unpaired) electrons. The zero-order valence-electron chi connectivity index (χ0n) is 16.5. The van der Waals surface area contributed by atoms with Crippen LogP contribution in [0.5, 0.6) is 0 Å². The van der Waals surface area contributed by atoms with Crippen molar-refractivity contribution >= 4 is 22.7 Å². The number of pyridine rings is 1. The molecule has 0 saturated heterocycles. The minimum atomic E-state index is -0.325. The fraction of sp³-hybridized carbons (Fsp3) is 0.273. The molecule has 0 aliphatic rings. The Morgan fingerprint density at radius 3 is 2.66 bits per heavy atom. The molecule has 0 aliphatic carbocycles. The summed E-state index contributed by atoms with van der Waals surface area (Å²) in [6.07, 6.45) is 5.39. The lowest BCUT2D eigenvalue weighted by Gasteiger charge is -2.10. The molecule has 4 aromatic rings. The number of rotatable bonds is 7. The minimum Gasteiger partial charge on any atom is -0.423 e. The first kappa shape index (κ1) is 19.4. The van der Waals surface area contributed by atoms with Crippen molar-refractivity contribution in [3.8, 4) is 11.4 Å². The molecule has 29 heavy (non-hydrogen) atoms. The molecule has 3 aromatic heterocycles. The van der Waals surface area contributed by atoms with Crippen LogP contribution in [0.15, 0.2) is 63.2 Å². The molecule has 7 heteroatoms. The van der Waals surface area contributed by atoms with E-state index in [0.717, 1.165) is 52.4 Å². The molecular weight excluding hydrogens is 384 g/mol. The fourth-order valence-corrected chi connectivity index (χ4v) is 4.25. The van der Waals surface area contributed by atoms with Crippen LogP contribution < -0.4 is 5.63 Å². The van der Waals surface area contributed by atoms with Crippen LogP contribution in [-0.4, -0.2) is 19.7 Å². The second-order valence-electron chi connectivity index (χ2n) is 6.76. The van der Waals surface area contributed by atoms with Crippen LogP contribution in [0.3, 0.4) is 0 Å². The fourth-order valence-electron chi connectivity index (χ4n) is 3.29. The van der Waals surface area contributed by atoms with Crippen LogP contribution >= 0.6 is 11.8 Å². The Bertz CT molecular complexity index is 1180. The van der Waals surface area contributed by atoms with Gasteiger partial charge in [0.05, 0.1) is 0 Å². The van der Waals surface area contributed by atoms with E-state index >= 15 is 0 Å². The lowest BCUT2D eigenvalue weighted by molar-refractivity contribution is 0.559. The Morgan fingerprint density at radius 1 is 1.07 bits per heavy atom. The van der Waals surface area contributed by atoms with Crippen molar-refractivity contribution in [1.29, 1.82) is 0 Å². The van der Waals surface area contributed by atoms with E-state index in [-0.39, 0.29) is 5.63 Å². The Hall–Kier alpha value is -2.93. The van der Waals surface area contributed by atoms with E-state index in [4.69, 9.17) is 4.42 Å². The SMILES string of the molecule is CCCn1c(SCc2cc(=O)oc3cc(CC)ccc23)nnc1-c1ccncc1. The molecule has 0 aliphatic heterocycles. The summed E-state index contributed by atoms with van der Waals surface area (Å²) in [7, 11) is 0. The highest BCUT2D eigenvalue weighted by molar-refractivity contribution is 7.98. The summed E-state index contributed by atoms with van der Waals surface area (Å²) in [6.45, 7) is 5.04. The smallest absolute Gasteiger partial charge is 0.336 e. The van der Waals surface area contributed by atoms with Gasteiger partial charge < -0.3 is 8.98 Å². The first-order valence-electron chi connectivity index (χ1n) is 9.71. The van der Waals surface area contributed by atoms with Crippen molar-refractivity contribution < 1.29 is 4.42 Å². The molecule has 0 bridgehead atoms. The molecular formula is C22H22N4O2S. The number of fused-ring (bicyclic) bond motifs is 1. The molecule has 0 spiro atoms. The highest BCUT2D eigenvalue weighted by Crippen LogP contribution is 2.29. The first-order valence-corrected chi connectivity index (χ1v) is 10.7. The van der Waals surface area contributed by atoms with E-state index < -0.39 is 0 Å². The summed E-state index contributed by atoms with van der Waals surface area (Å²) < 4.78 is 7.54. The molecule has 4 rings (SSSR count). The van der Waals surface area contributed by atoms with Crippen molar-refractivity contribution in [3.63, 3.8) is 0 Å². The third-order valence-electron chi connectivity index (χ3n) is 4.76. The molecule has 0 unspecified atom stereocenters. The maximum atomic E-state index is 12.1. The van der Waals surface area contributed by atoms with Gasteiger partial charge in [-0.15, -0.1) is 10.2 Å². The maximum absolute atomic E-state index is 12.1. The summed E-state index contributed by atoms with van der Waals surface area (Å²) in [5.41, 5.74) is 3.40. The zero-order chi connectivity index (χ0) is 20.2. The van der Waals surface area contributed by atoms with Gasteiger partial charge in [-0.25, -0.2) is 4.79 Å². The second kappa shape index (κ2) is 8.61. The average molecular weight is 407 g/mol. The van der Waals surface area contributed by atoms with Gasteiger partial charge in [-0.3, -0.25) is 4.98 Å². The van der Waals surface area contributed by atoms with Crippen molar-refractivity contribution in [1.82, 2.24) is 19.7 Å². The van der Waals surface area contributed by atoms with Gasteiger partial charge in [-0.05, 0) is 42.2 Å². The van der Waals surface area contributed by atoms with E-state index in [0.29, 0.717) is 11.3 Å². The van der Waals surface area contributed by atoms with Crippen LogP contribution in [0.2, 0.25) is 0 Å². The highest BCUT2D eigenvalue weighted by Gasteiger charge is 2.15. The Kier molecular flexibility index (Phi) is 5.76. The molecule has 0 amide bonds. The molecule has 6 nitrogen and oxygen atoms in total. The lowest BCUT2D eigenvalue weighted by atomic mass is 10.1. The van der Waals surface area contributed by atoms with Crippen LogP contribution in [0, 0.1) is 0 Å². The van der Waals surface area contributed by atoms with Crippen molar-refractivity contribution in [2.45, 2.75) is 44.1 Å². The number of aromatic nitrogens is 4. The van der Waals surface area contributed by atoms with Gasteiger partial charge in [0.2, 0.25) is 0 Å². The number of thioether (sulfide) groups is 1. The van der Waals surface area contributed by atoms with E-state index in [1.54, 1.807) is 30.2 Å². The predicted molar refractivity (Wildman–Crippen MR) is 115 cm³/mol. The normalized spacial score (nSPS) is 11.2. The summed E-state index contributed by atoms with van der Waals surface area (Å²) in [4.78, 5) is 16.1. The van der Waals surface area contributed by atoms with Gasteiger partial charge in [0.15, 0.2) is 11.0 Å². The maximum Gasteiger partial charge on any atom is 0.336 e. The number of nitrogens with zero attached hydrogens (tertiary/aromatic N) is 4. The molecule has 0 saturated carbocycles. The van der Waals surface area contributed by atoms with Gasteiger partial charge in [-0.2, -0.15) is 0 Å². The first-order chi connectivity index (χ1) is 14.2. The molecule has 0 fully saturated rings. The van der Waals surface area contributed by atoms with Gasteiger partial charge in [-0.1, -0.05) is 37.7 Å². The van der Waals surface area contributed by atoms with E-state index in [2.05, 4.69) is 39.7 Å². The van der Waals surface area contributed by atoms with Crippen molar-refractivity contribution in [2.24, 2.45) is 0 Å². The number of aryl methyl sites for hydroxylation is 1. The summed E-state index contributed by atoms with van der Waals surface area (Å²) in [5, 5.41) is 10.6. The quantitative estimate of drug-likeness (QED) is 0.327. The van der Waals surface area contributed by atoms with Gasteiger partial charge in [0.25, 0.3) is 0 Å². The number of benzene rings is 1. The van der Waals surface area contributed by atoms with Gasteiger partial charge in [0, 0.05) is 41.7 Å². The third kappa shape index (κ3) is 4.10. The Morgan fingerprint density at radius 2 is 1.90 bits per heavy atom. The van der Waals surface area contributed by atoms with Crippen molar-refractivity contribution in [3.05, 3.63) is 70.3 Å². The minimum absolute atomic E-state index is 0.325. The predicted octanol–water partition coefficient (Wildman–Crippen LogP) is 4.71. The average Bonchev–Trinajstić information content (AvgIpc) is 3.15. The largest absolute Gasteiger partial charge is 0.423 e. The van der Waals surface area contributed by atoms with Gasteiger partial charge in [0.1, 0.15) is 5.58 Å². The van der Waals surface area contributed by atoms with Crippen LogP contribution in [0.1, 0.15) is 31.4 Å². The van der Waals surface area contributed by atoms with Crippen LogP contribution in [0.25, 0.3) is 22.4 Å². The van der Waals surface area contributed by atoms with E-state index in [1.807, 2.05) is 24.3 Å². The molecule has 148 valence electrons. The van der Waals surface area contributed by atoms with Crippen molar-refractivity contribution in [2.75, 3.05) is 0 Å². The Balaban J connectivity index is 1.66. The lowest BCUT2D eigenvalue weighted by Crippen LogP contribution is -2.03.